The lowest BCUT2D eigenvalue weighted by Crippen LogP contribution is -2.46. The molecule has 1 aliphatic heterocycles. The summed E-state index contributed by atoms with van der Waals surface area (Å²) in [6.07, 6.45) is 9.77. The Bertz CT molecular complexity index is 620. The van der Waals surface area contributed by atoms with Gasteiger partial charge in [0.25, 0.3) is 0 Å². The summed E-state index contributed by atoms with van der Waals surface area (Å²) < 4.78 is 7.39. The van der Waals surface area contributed by atoms with Gasteiger partial charge < -0.3 is 9.32 Å². The zero-order chi connectivity index (χ0) is 14.9. The summed E-state index contributed by atoms with van der Waals surface area (Å²) in [6, 6.07) is 6.09. The minimum absolute atomic E-state index is 0.115. The van der Waals surface area contributed by atoms with Gasteiger partial charge in [0.15, 0.2) is 0 Å². The molecule has 4 rings (SSSR count). The van der Waals surface area contributed by atoms with Crippen LogP contribution in [-0.4, -0.2) is 33.2 Å². The van der Waals surface area contributed by atoms with E-state index in [-0.39, 0.29) is 17.9 Å². The lowest BCUT2D eigenvalue weighted by atomic mass is 10.0. The molecule has 0 spiro atoms. The largest absolute Gasteiger partial charge is 0.469 e. The predicted molar refractivity (Wildman–Crippen MR) is 81.1 cm³/mol. The average molecular weight is 299 g/mol. The Hall–Kier alpha value is -2.04. The van der Waals surface area contributed by atoms with Crippen LogP contribution in [0.4, 0.5) is 0 Å². The maximum Gasteiger partial charge on any atom is 0.226 e. The third-order valence-electron chi connectivity index (χ3n) is 4.88. The highest BCUT2D eigenvalue weighted by atomic mass is 16.3. The van der Waals surface area contributed by atoms with Crippen LogP contribution in [0.5, 0.6) is 0 Å². The number of rotatable bonds is 4. The summed E-state index contributed by atoms with van der Waals surface area (Å²) in [7, 11) is 0. The summed E-state index contributed by atoms with van der Waals surface area (Å²) in [6.45, 7) is 1.68. The Labute approximate surface area is 129 Å². The Balaban J connectivity index is 1.44. The number of likely N-dealkylation sites (tertiary alicyclic amines) is 1. The van der Waals surface area contributed by atoms with Gasteiger partial charge in [-0.05, 0) is 43.9 Å². The number of furan rings is 1. The standard InChI is InChI=1S/C17H21N3O2/c21-17(15-11-14(15)16-6-3-10-22-16)20-9-2-1-5-13(20)12-19-8-4-7-18-19/h3-4,6-8,10,13-15H,1-2,5,9,11-12H2. The van der Waals surface area contributed by atoms with Crippen LogP contribution in [0.1, 0.15) is 37.4 Å². The van der Waals surface area contributed by atoms with Crippen molar-refractivity contribution in [2.24, 2.45) is 5.92 Å². The molecule has 5 heteroatoms. The quantitative estimate of drug-likeness (QED) is 0.872. The van der Waals surface area contributed by atoms with Gasteiger partial charge in [-0.2, -0.15) is 5.10 Å². The van der Waals surface area contributed by atoms with E-state index in [2.05, 4.69) is 10.00 Å². The van der Waals surface area contributed by atoms with E-state index in [1.807, 2.05) is 29.1 Å². The molecule has 3 unspecified atom stereocenters. The Morgan fingerprint density at radius 3 is 3.09 bits per heavy atom. The van der Waals surface area contributed by atoms with E-state index in [1.54, 1.807) is 12.5 Å². The second-order valence-corrected chi connectivity index (χ2v) is 6.37. The number of piperidine rings is 1. The molecule has 2 aliphatic rings. The molecule has 2 aromatic heterocycles. The van der Waals surface area contributed by atoms with E-state index in [4.69, 9.17) is 4.42 Å². The van der Waals surface area contributed by atoms with Crippen molar-refractivity contribution in [1.82, 2.24) is 14.7 Å². The molecule has 1 amide bonds. The molecule has 1 saturated heterocycles. The molecule has 2 fully saturated rings. The molecule has 116 valence electrons. The van der Waals surface area contributed by atoms with Crippen LogP contribution in [0.25, 0.3) is 0 Å². The molecule has 5 nitrogen and oxygen atoms in total. The minimum atomic E-state index is 0.115. The van der Waals surface area contributed by atoms with E-state index in [9.17, 15) is 4.79 Å². The van der Waals surface area contributed by atoms with Gasteiger partial charge in [-0.25, -0.2) is 0 Å². The van der Waals surface area contributed by atoms with Gasteiger partial charge in [-0.15, -0.1) is 0 Å². The van der Waals surface area contributed by atoms with Crippen molar-refractivity contribution >= 4 is 5.91 Å². The zero-order valence-corrected chi connectivity index (χ0v) is 12.6. The van der Waals surface area contributed by atoms with Crippen molar-refractivity contribution in [3.63, 3.8) is 0 Å². The van der Waals surface area contributed by atoms with Crippen molar-refractivity contribution in [1.29, 1.82) is 0 Å². The van der Waals surface area contributed by atoms with Gasteiger partial charge >= 0.3 is 0 Å². The number of aromatic nitrogens is 2. The van der Waals surface area contributed by atoms with Crippen LogP contribution in [0.2, 0.25) is 0 Å². The third kappa shape index (κ3) is 2.56. The molecule has 1 saturated carbocycles. The lowest BCUT2D eigenvalue weighted by Gasteiger charge is -2.36. The highest BCUT2D eigenvalue weighted by Crippen LogP contribution is 2.49. The highest BCUT2D eigenvalue weighted by Gasteiger charge is 2.48. The topological polar surface area (TPSA) is 51.3 Å². The molecule has 2 aromatic rings. The zero-order valence-electron chi connectivity index (χ0n) is 12.6. The predicted octanol–water partition coefficient (Wildman–Crippen LogP) is 2.66. The Morgan fingerprint density at radius 2 is 2.32 bits per heavy atom. The van der Waals surface area contributed by atoms with Gasteiger partial charge in [0.1, 0.15) is 5.76 Å². The van der Waals surface area contributed by atoms with Crippen LogP contribution >= 0.6 is 0 Å². The van der Waals surface area contributed by atoms with Crippen molar-refractivity contribution in [2.45, 2.75) is 44.2 Å². The van der Waals surface area contributed by atoms with E-state index in [1.165, 1.54) is 6.42 Å². The summed E-state index contributed by atoms with van der Waals surface area (Å²) >= 11 is 0. The van der Waals surface area contributed by atoms with Crippen LogP contribution in [0.15, 0.2) is 41.3 Å². The van der Waals surface area contributed by atoms with Crippen LogP contribution in [0, 0.1) is 5.92 Å². The number of amides is 1. The summed E-state index contributed by atoms with van der Waals surface area (Å²) in [4.78, 5) is 15.0. The fourth-order valence-electron chi connectivity index (χ4n) is 3.60. The molecular weight excluding hydrogens is 278 g/mol. The SMILES string of the molecule is O=C(C1CC1c1ccco1)N1CCCCC1Cn1cccn1. The fraction of sp³-hybridized carbons (Fsp3) is 0.529. The smallest absolute Gasteiger partial charge is 0.226 e. The molecule has 3 atom stereocenters. The second kappa shape index (κ2) is 5.63. The average Bonchev–Trinajstić information content (AvgIpc) is 2.94. The molecule has 0 radical (unpaired) electrons. The van der Waals surface area contributed by atoms with Crippen molar-refractivity contribution in [3.05, 3.63) is 42.6 Å². The summed E-state index contributed by atoms with van der Waals surface area (Å²) in [5.74, 6) is 1.66. The van der Waals surface area contributed by atoms with Gasteiger partial charge in [0.05, 0.1) is 18.8 Å². The van der Waals surface area contributed by atoms with Crippen LogP contribution in [0.3, 0.4) is 0 Å². The molecule has 22 heavy (non-hydrogen) atoms. The molecule has 0 aromatic carbocycles. The van der Waals surface area contributed by atoms with E-state index in [0.717, 1.165) is 38.1 Å². The van der Waals surface area contributed by atoms with E-state index in [0.29, 0.717) is 5.91 Å². The number of hydrogen-bond acceptors (Lipinski definition) is 3. The summed E-state index contributed by atoms with van der Waals surface area (Å²) in [5.41, 5.74) is 0. The van der Waals surface area contributed by atoms with Crippen molar-refractivity contribution in [2.75, 3.05) is 6.54 Å². The maximum absolute atomic E-state index is 12.9. The van der Waals surface area contributed by atoms with E-state index >= 15 is 0 Å². The number of carbonyl (C=O) groups is 1. The fourth-order valence-corrected chi connectivity index (χ4v) is 3.60. The number of hydrogen-bond donors (Lipinski definition) is 0. The Morgan fingerprint density at radius 1 is 1.36 bits per heavy atom. The highest BCUT2D eigenvalue weighted by molar-refractivity contribution is 5.83. The normalized spacial score (nSPS) is 27.8. The Kier molecular flexibility index (Phi) is 3.48. The van der Waals surface area contributed by atoms with E-state index < -0.39 is 0 Å². The maximum atomic E-state index is 12.9. The third-order valence-corrected chi connectivity index (χ3v) is 4.88. The molecule has 1 aliphatic carbocycles. The van der Waals surface area contributed by atoms with Gasteiger partial charge in [0, 0.05) is 30.8 Å². The molecular formula is C17H21N3O2. The van der Waals surface area contributed by atoms with Crippen LogP contribution in [-0.2, 0) is 11.3 Å². The molecule has 3 heterocycles. The molecule has 0 N–H and O–H groups in total. The first kappa shape index (κ1) is 13.6. The van der Waals surface area contributed by atoms with Crippen LogP contribution < -0.4 is 0 Å². The first-order chi connectivity index (χ1) is 10.8. The number of carbonyl (C=O) groups excluding carboxylic acids is 1. The van der Waals surface area contributed by atoms with Crippen molar-refractivity contribution < 1.29 is 9.21 Å². The monoisotopic (exact) mass is 299 g/mol. The first-order valence-electron chi connectivity index (χ1n) is 8.14. The summed E-state index contributed by atoms with van der Waals surface area (Å²) in [5, 5.41) is 4.28. The minimum Gasteiger partial charge on any atom is -0.469 e. The lowest BCUT2D eigenvalue weighted by molar-refractivity contribution is -0.136. The molecule has 0 bridgehead atoms. The van der Waals surface area contributed by atoms with Gasteiger partial charge in [-0.1, -0.05) is 0 Å². The van der Waals surface area contributed by atoms with Crippen molar-refractivity contribution in [3.8, 4) is 0 Å². The number of nitrogens with zero attached hydrogens (tertiary/aromatic N) is 3. The van der Waals surface area contributed by atoms with Gasteiger partial charge in [-0.3, -0.25) is 9.48 Å². The second-order valence-electron chi connectivity index (χ2n) is 6.37. The van der Waals surface area contributed by atoms with Gasteiger partial charge in [0.2, 0.25) is 5.91 Å². The first-order valence-corrected chi connectivity index (χ1v) is 8.14.